The molecule has 0 N–H and O–H groups in total. The minimum Gasteiger partial charge on any atom is -0.329 e. The molecular weight excluding hydrogens is 202 g/mol. The maximum Gasteiger partial charge on any atom is 0.223 e. The maximum atomic E-state index is 11.8. The Labute approximate surface area is 97.2 Å². The summed E-state index contributed by atoms with van der Waals surface area (Å²) in [6.45, 7) is 2.56. The Morgan fingerprint density at radius 2 is 2.12 bits per heavy atom. The summed E-state index contributed by atoms with van der Waals surface area (Å²) in [5.41, 5.74) is -0.0818. The highest BCUT2D eigenvalue weighted by Gasteiger charge is 2.48. The third kappa shape index (κ3) is 2.00. The Hall–Kier alpha value is -0.860. The minimum absolute atomic E-state index is 0.0818. The van der Waals surface area contributed by atoms with Gasteiger partial charge >= 0.3 is 0 Å². The quantitative estimate of drug-likeness (QED) is 0.686. The number of unbranched alkanes of at least 4 members (excludes halogenated alkanes) is 2. The highest BCUT2D eigenvalue weighted by atomic mass is 16.2. The van der Waals surface area contributed by atoms with Crippen LogP contribution in [0.15, 0.2) is 0 Å². The van der Waals surface area contributed by atoms with Gasteiger partial charge in [-0.2, -0.15) is 0 Å². The molecule has 0 aromatic carbocycles. The lowest BCUT2D eigenvalue weighted by Gasteiger charge is -2.41. The maximum absolute atomic E-state index is 11.8. The normalized spacial score (nSPS) is 29.7. The topological polar surface area (TPSA) is 37.4 Å². The van der Waals surface area contributed by atoms with Gasteiger partial charge in [-0.25, -0.2) is 0 Å². The molecule has 0 unspecified atom stereocenters. The van der Waals surface area contributed by atoms with Crippen molar-refractivity contribution in [3.63, 3.8) is 0 Å². The third-order valence-electron chi connectivity index (χ3n) is 4.01. The summed E-state index contributed by atoms with van der Waals surface area (Å²) < 4.78 is 0. The largest absolute Gasteiger partial charge is 0.329 e. The van der Waals surface area contributed by atoms with E-state index in [9.17, 15) is 9.59 Å². The first-order chi connectivity index (χ1) is 7.68. The van der Waals surface area contributed by atoms with Gasteiger partial charge in [0.15, 0.2) is 5.78 Å². The van der Waals surface area contributed by atoms with Crippen molar-refractivity contribution in [2.75, 3.05) is 6.54 Å². The van der Waals surface area contributed by atoms with Gasteiger partial charge in [0.25, 0.3) is 0 Å². The highest BCUT2D eigenvalue weighted by Crippen LogP contribution is 2.40. The molecule has 0 spiro atoms. The Morgan fingerprint density at radius 3 is 2.88 bits per heavy atom. The number of hydrogen-bond acceptors (Lipinski definition) is 2. The number of amides is 1. The van der Waals surface area contributed by atoms with Gasteiger partial charge in [0, 0.05) is 12.8 Å². The molecule has 2 fully saturated rings. The van der Waals surface area contributed by atoms with Gasteiger partial charge in [-0.05, 0) is 19.3 Å². The van der Waals surface area contributed by atoms with Crippen LogP contribution < -0.4 is 0 Å². The van der Waals surface area contributed by atoms with Gasteiger partial charge in [0.1, 0.15) is 0 Å². The van der Waals surface area contributed by atoms with E-state index in [1.54, 1.807) is 0 Å². The van der Waals surface area contributed by atoms with E-state index in [0.717, 1.165) is 25.7 Å². The van der Waals surface area contributed by atoms with E-state index < -0.39 is 0 Å². The van der Waals surface area contributed by atoms with Crippen molar-refractivity contribution in [3.8, 4) is 0 Å². The molecule has 0 bridgehead atoms. The lowest BCUT2D eigenvalue weighted by Crippen LogP contribution is -2.50. The Morgan fingerprint density at radius 1 is 1.31 bits per heavy atom. The van der Waals surface area contributed by atoms with Crippen LogP contribution in [0.25, 0.3) is 0 Å². The second-order valence-corrected chi connectivity index (χ2v) is 5.23. The Balaban J connectivity index is 2.07. The van der Waals surface area contributed by atoms with Gasteiger partial charge in [-0.3, -0.25) is 9.59 Å². The zero-order chi connectivity index (χ0) is 11.6. The molecule has 1 atom stereocenters. The van der Waals surface area contributed by atoms with Crippen LogP contribution in [-0.4, -0.2) is 28.7 Å². The first-order valence-electron chi connectivity index (χ1n) is 6.50. The van der Waals surface area contributed by atoms with Crippen molar-refractivity contribution in [2.24, 2.45) is 0 Å². The van der Waals surface area contributed by atoms with Crippen LogP contribution >= 0.6 is 0 Å². The van der Waals surface area contributed by atoms with E-state index in [0.29, 0.717) is 19.4 Å². The average Bonchev–Trinajstić information content (AvgIpc) is 2.57. The number of carbonyl (C=O) groups is 2. The number of carbonyl (C=O) groups excluding carboxylic acids is 2. The fourth-order valence-corrected chi connectivity index (χ4v) is 3.19. The van der Waals surface area contributed by atoms with Gasteiger partial charge in [-0.15, -0.1) is 0 Å². The molecule has 0 aliphatic carbocycles. The number of piperidine rings is 1. The molecule has 0 aromatic rings. The molecule has 3 nitrogen and oxygen atoms in total. The van der Waals surface area contributed by atoms with E-state index in [2.05, 4.69) is 6.92 Å². The molecule has 16 heavy (non-hydrogen) atoms. The van der Waals surface area contributed by atoms with Crippen LogP contribution in [-0.2, 0) is 9.59 Å². The fraction of sp³-hybridized carbons (Fsp3) is 0.846. The molecule has 2 aliphatic heterocycles. The summed E-state index contributed by atoms with van der Waals surface area (Å²) in [6.07, 6.45) is 7.83. The van der Waals surface area contributed by atoms with Crippen molar-refractivity contribution in [1.29, 1.82) is 0 Å². The van der Waals surface area contributed by atoms with Crippen LogP contribution in [0.4, 0.5) is 0 Å². The Bertz CT molecular complexity index is 300. The average molecular weight is 223 g/mol. The van der Waals surface area contributed by atoms with E-state index in [1.807, 2.05) is 4.90 Å². The van der Waals surface area contributed by atoms with Gasteiger partial charge in [-0.1, -0.05) is 26.2 Å². The van der Waals surface area contributed by atoms with Crippen molar-refractivity contribution < 1.29 is 9.59 Å². The van der Waals surface area contributed by atoms with E-state index in [-0.39, 0.29) is 17.2 Å². The number of ketones is 1. The predicted molar refractivity (Wildman–Crippen MR) is 62.1 cm³/mol. The van der Waals surface area contributed by atoms with Crippen LogP contribution in [0.2, 0.25) is 0 Å². The number of Topliss-reactive ketones (excluding diaryl/α,β-unsaturated/α-hetero) is 1. The molecule has 90 valence electrons. The van der Waals surface area contributed by atoms with Gasteiger partial charge in [0.05, 0.1) is 12.1 Å². The lowest BCUT2D eigenvalue weighted by atomic mass is 9.81. The predicted octanol–water partition coefficient (Wildman–Crippen LogP) is 2.29. The number of nitrogens with zero attached hydrogens (tertiary/aromatic N) is 1. The van der Waals surface area contributed by atoms with Crippen molar-refractivity contribution in [1.82, 2.24) is 4.90 Å². The summed E-state index contributed by atoms with van der Waals surface area (Å²) in [5, 5.41) is 0. The van der Waals surface area contributed by atoms with Crippen molar-refractivity contribution >= 4 is 11.7 Å². The monoisotopic (exact) mass is 223 g/mol. The van der Waals surface area contributed by atoms with Gasteiger partial charge in [0.2, 0.25) is 5.91 Å². The molecule has 0 saturated carbocycles. The number of fused-ring (bicyclic) bond motifs is 1. The molecule has 2 rings (SSSR count). The molecular formula is C13H21NO2. The Kier molecular flexibility index (Phi) is 3.31. The van der Waals surface area contributed by atoms with Crippen LogP contribution in [0, 0.1) is 0 Å². The summed E-state index contributed by atoms with van der Waals surface area (Å²) in [4.78, 5) is 25.3. The first kappa shape index (κ1) is 11.6. The van der Waals surface area contributed by atoms with E-state index in [4.69, 9.17) is 0 Å². The SMILES string of the molecule is CCCCC[C@]12CCCC(=O)N1CC(=O)C2. The van der Waals surface area contributed by atoms with Crippen molar-refractivity contribution in [2.45, 2.75) is 63.8 Å². The molecule has 1 amide bonds. The second kappa shape index (κ2) is 4.56. The zero-order valence-corrected chi connectivity index (χ0v) is 10.1. The number of hydrogen-bond donors (Lipinski definition) is 0. The lowest BCUT2D eigenvalue weighted by molar-refractivity contribution is -0.139. The summed E-state index contributed by atoms with van der Waals surface area (Å²) >= 11 is 0. The number of rotatable bonds is 4. The van der Waals surface area contributed by atoms with Crippen LogP contribution in [0.1, 0.15) is 58.3 Å². The molecule has 2 heterocycles. The first-order valence-corrected chi connectivity index (χ1v) is 6.50. The summed E-state index contributed by atoms with van der Waals surface area (Å²) in [6, 6.07) is 0. The third-order valence-corrected chi connectivity index (χ3v) is 4.01. The molecule has 2 aliphatic rings. The van der Waals surface area contributed by atoms with E-state index >= 15 is 0 Å². The standard InChI is InChI=1S/C13H21NO2/c1-2-3-4-7-13-8-5-6-12(16)14(13)10-11(15)9-13/h2-10H2,1H3/t13-/m1/s1. The summed E-state index contributed by atoms with van der Waals surface area (Å²) in [7, 11) is 0. The smallest absolute Gasteiger partial charge is 0.223 e. The molecule has 2 saturated heterocycles. The van der Waals surface area contributed by atoms with Crippen LogP contribution in [0.3, 0.4) is 0 Å². The fourth-order valence-electron chi connectivity index (χ4n) is 3.19. The second-order valence-electron chi connectivity index (χ2n) is 5.23. The van der Waals surface area contributed by atoms with Crippen molar-refractivity contribution in [3.05, 3.63) is 0 Å². The molecule has 3 heteroatoms. The molecule has 0 aromatic heterocycles. The van der Waals surface area contributed by atoms with Gasteiger partial charge < -0.3 is 4.90 Å². The minimum atomic E-state index is -0.0818. The highest BCUT2D eigenvalue weighted by molar-refractivity contribution is 5.91. The molecule has 0 radical (unpaired) electrons. The van der Waals surface area contributed by atoms with E-state index in [1.165, 1.54) is 12.8 Å². The summed E-state index contributed by atoms with van der Waals surface area (Å²) in [5.74, 6) is 0.459. The van der Waals surface area contributed by atoms with Crippen LogP contribution in [0.5, 0.6) is 0 Å². The zero-order valence-electron chi connectivity index (χ0n) is 10.1.